The molecule has 1 aromatic heterocycles. The Morgan fingerprint density at radius 2 is 2.10 bits per heavy atom. The Labute approximate surface area is 129 Å². The van der Waals surface area contributed by atoms with Crippen LogP contribution in [0.3, 0.4) is 0 Å². The number of carbonyl (C=O) groups is 2. The zero-order valence-corrected chi connectivity index (χ0v) is 13.1. The normalized spacial score (nSPS) is 16.0. The van der Waals surface area contributed by atoms with Crippen LogP contribution in [0.1, 0.15) is 36.8 Å². The van der Waals surface area contributed by atoms with E-state index < -0.39 is 5.97 Å². The Kier molecular flexibility index (Phi) is 5.61. The molecule has 1 saturated heterocycles. The van der Waals surface area contributed by atoms with Gasteiger partial charge in [-0.2, -0.15) is 11.3 Å². The minimum atomic E-state index is -0.735. The van der Waals surface area contributed by atoms with Crippen LogP contribution in [-0.4, -0.2) is 35.1 Å². The van der Waals surface area contributed by atoms with Gasteiger partial charge in [-0.05, 0) is 54.0 Å². The van der Waals surface area contributed by atoms with E-state index in [1.165, 1.54) is 11.1 Å². The molecule has 5 nitrogen and oxygen atoms in total. The van der Waals surface area contributed by atoms with Crippen LogP contribution < -0.4 is 5.32 Å². The molecule has 1 aliphatic rings. The number of thiophene rings is 1. The van der Waals surface area contributed by atoms with E-state index in [0.717, 1.165) is 32.4 Å². The molecule has 2 heterocycles. The van der Waals surface area contributed by atoms with Gasteiger partial charge in [-0.15, -0.1) is 0 Å². The quantitative estimate of drug-likeness (QED) is 0.878. The standard InChI is InChI=1S/C15H22N2O3S/c1-11-9-21-10-13(11)8-16-15(20)17-6-4-12(5-7-17)2-3-14(18)19/h9-10,12H,2-8H2,1H3,(H,16,20)(H,18,19). The van der Waals surface area contributed by atoms with Crippen molar-refractivity contribution in [3.8, 4) is 0 Å². The van der Waals surface area contributed by atoms with Gasteiger partial charge in [0.15, 0.2) is 0 Å². The van der Waals surface area contributed by atoms with Crippen molar-refractivity contribution in [3.63, 3.8) is 0 Å². The molecular weight excluding hydrogens is 288 g/mol. The van der Waals surface area contributed by atoms with Crippen molar-refractivity contribution >= 4 is 23.3 Å². The van der Waals surface area contributed by atoms with Gasteiger partial charge in [-0.3, -0.25) is 4.79 Å². The minimum Gasteiger partial charge on any atom is -0.481 e. The van der Waals surface area contributed by atoms with E-state index >= 15 is 0 Å². The van der Waals surface area contributed by atoms with Crippen LogP contribution in [0.5, 0.6) is 0 Å². The Bertz CT molecular complexity index is 493. The molecule has 1 aliphatic heterocycles. The fourth-order valence-electron chi connectivity index (χ4n) is 2.60. The molecule has 0 aliphatic carbocycles. The summed E-state index contributed by atoms with van der Waals surface area (Å²) in [5.41, 5.74) is 2.39. The van der Waals surface area contributed by atoms with Crippen LogP contribution in [-0.2, 0) is 11.3 Å². The second-order valence-corrected chi connectivity index (χ2v) is 6.35. The van der Waals surface area contributed by atoms with Gasteiger partial charge in [0.1, 0.15) is 0 Å². The van der Waals surface area contributed by atoms with E-state index in [2.05, 4.69) is 16.1 Å². The number of nitrogens with zero attached hydrogens (tertiary/aromatic N) is 1. The third-order valence-corrected chi connectivity index (χ3v) is 4.97. The molecule has 116 valence electrons. The fraction of sp³-hybridized carbons (Fsp3) is 0.600. The van der Waals surface area contributed by atoms with E-state index in [-0.39, 0.29) is 12.5 Å². The number of likely N-dealkylation sites (tertiary alicyclic amines) is 1. The molecular formula is C15H22N2O3S. The maximum Gasteiger partial charge on any atom is 0.317 e. The number of hydrogen-bond donors (Lipinski definition) is 2. The zero-order chi connectivity index (χ0) is 15.2. The summed E-state index contributed by atoms with van der Waals surface area (Å²) in [6, 6.07) is -0.0164. The van der Waals surface area contributed by atoms with Crippen LogP contribution in [0.4, 0.5) is 4.79 Å². The molecule has 2 amide bonds. The van der Waals surface area contributed by atoms with Crippen LogP contribution >= 0.6 is 11.3 Å². The predicted molar refractivity (Wildman–Crippen MR) is 82.5 cm³/mol. The molecule has 1 aromatic rings. The molecule has 0 aromatic carbocycles. The topological polar surface area (TPSA) is 69.6 Å². The van der Waals surface area contributed by atoms with Gasteiger partial charge in [-0.1, -0.05) is 0 Å². The summed E-state index contributed by atoms with van der Waals surface area (Å²) in [5, 5.41) is 15.8. The number of urea groups is 1. The first kappa shape index (κ1) is 15.8. The second kappa shape index (κ2) is 7.45. The number of carboxylic acid groups (broad SMARTS) is 1. The number of aliphatic carboxylic acids is 1. The number of carbonyl (C=O) groups excluding carboxylic acids is 1. The lowest BCUT2D eigenvalue weighted by atomic mass is 9.92. The summed E-state index contributed by atoms with van der Waals surface area (Å²) in [6.07, 6.45) is 2.75. The smallest absolute Gasteiger partial charge is 0.317 e. The first-order valence-electron chi connectivity index (χ1n) is 7.32. The van der Waals surface area contributed by atoms with Gasteiger partial charge < -0.3 is 15.3 Å². The number of carboxylic acids is 1. The van der Waals surface area contributed by atoms with E-state index in [0.29, 0.717) is 12.5 Å². The fourth-order valence-corrected chi connectivity index (χ4v) is 3.46. The monoisotopic (exact) mass is 310 g/mol. The number of aryl methyl sites for hydroxylation is 1. The number of hydrogen-bond acceptors (Lipinski definition) is 3. The molecule has 2 rings (SSSR count). The SMILES string of the molecule is Cc1cscc1CNC(=O)N1CCC(CCC(=O)O)CC1. The third-order valence-electron chi connectivity index (χ3n) is 4.06. The first-order chi connectivity index (χ1) is 10.1. The van der Waals surface area contributed by atoms with Gasteiger partial charge in [0, 0.05) is 26.1 Å². The van der Waals surface area contributed by atoms with E-state index in [9.17, 15) is 9.59 Å². The Morgan fingerprint density at radius 1 is 1.38 bits per heavy atom. The number of rotatable bonds is 5. The zero-order valence-electron chi connectivity index (χ0n) is 12.3. The van der Waals surface area contributed by atoms with Crippen LogP contribution in [0.15, 0.2) is 10.8 Å². The second-order valence-electron chi connectivity index (χ2n) is 5.60. The van der Waals surface area contributed by atoms with E-state index in [1.54, 1.807) is 11.3 Å². The van der Waals surface area contributed by atoms with Gasteiger partial charge in [0.2, 0.25) is 0 Å². The average molecular weight is 310 g/mol. The molecule has 0 unspecified atom stereocenters. The molecule has 0 radical (unpaired) electrons. The van der Waals surface area contributed by atoms with Gasteiger partial charge >= 0.3 is 12.0 Å². The molecule has 0 bridgehead atoms. The van der Waals surface area contributed by atoms with Gasteiger partial charge in [-0.25, -0.2) is 4.79 Å². The number of piperidine rings is 1. The highest BCUT2D eigenvalue weighted by molar-refractivity contribution is 7.08. The number of nitrogens with one attached hydrogen (secondary N) is 1. The Morgan fingerprint density at radius 3 is 2.67 bits per heavy atom. The molecule has 21 heavy (non-hydrogen) atoms. The lowest BCUT2D eigenvalue weighted by Gasteiger charge is -2.31. The van der Waals surface area contributed by atoms with Crippen molar-refractivity contribution in [2.24, 2.45) is 5.92 Å². The minimum absolute atomic E-state index is 0.0164. The lowest BCUT2D eigenvalue weighted by molar-refractivity contribution is -0.137. The molecule has 0 spiro atoms. The molecule has 0 saturated carbocycles. The summed E-state index contributed by atoms with van der Waals surface area (Å²) in [4.78, 5) is 24.5. The van der Waals surface area contributed by atoms with Gasteiger partial charge in [0.05, 0.1) is 0 Å². The van der Waals surface area contributed by atoms with Crippen molar-refractivity contribution in [1.82, 2.24) is 10.2 Å². The maximum absolute atomic E-state index is 12.1. The van der Waals surface area contributed by atoms with Crippen molar-refractivity contribution in [2.75, 3.05) is 13.1 Å². The van der Waals surface area contributed by atoms with Crippen LogP contribution in [0.25, 0.3) is 0 Å². The van der Waals surface area contributed by atoms with Crippen molar-refractivity contribution in [3.05, 3.63) is 21.9 Å². The van der Waals surface area contributed by atoms with Crippen LogP contribution in [0.2, 0.25) is 0 Å². The van der Waals surface area contributed by atoms with E-state index in [4.69, 9.17) is 5.11 Å². The van der Waals surface area contributed by atoms with Crippen LogP contribution in [0, 0.1) is 12.8 Å². The Balaban J connectivity index is 1.70. The van der Waals surface area contributed by atoms with Crippen molar-refractivity contribution in [2.45, 2.75) is 39.2 Å². The maximum atomic E-state index is 12.1. The first-order valence-corrected chi connectivity index (χ1v) is 8.26. The Hall–Kier alpha value is -1.56. The van der Waals surface area contributed by atoms with Gasteiger partial charge in [0.25, 0.3) is 0 Å². The third kappa shape index (κ3) is 4.74. The molecule has 2 N–H and O–H groups in total. The highest BCUT2D eigenvalue weighted by atomic mass is 32.1. The van der Waals surface area contributed by atoms with E-state index in [1.807, 2.05) is 11.8 Å². The molecule has 0 atom stereocenters. The largest absolute Gasteiger partial charge is 0.481 e. The summed E-state index contributed by atoms with van der Waals surface area (Å²) in [5.74, 6) is -0.300. The van der Waals surface area contributed by atoms with Crippen molar-refractivity contribution < 1.29 is 14.7 Å². The summed E-state index contributed by atoms with van der Waals surface area (Å²) in [6.45, 7) is 4.07. The van der Waals surface area contributed by atoms with Crippen molar-refractivity contribution in [1.29, 1.82) is 0 Å². The summed E-state index contributed by atoms with van der Waals surface area (Å²) >= 11 is 1.65. The summed E-state index contributed by atoms with van der Waals surface area (Å²) in [7, 11) is 0. The predicted octanol–water partition coefficient (Wildman–Crippen LogP) is 2.84. The highest BCUT2D eigenvalue weighted by Crippen LogP contribution is 2.22. The molecule has 1 fully saturated rings. The average Bonchev–Trinajstić information content (AvgIpc) is 2.88. The lowest BCUT2D eigenvalue weighted by Crippen LogP contribution is -2.44. The summed E-state index contributed by atoms with van der Waals surface area (Å²) < 4.78 is 0. The molecule has 6 heteroatoms. The highest BCUT2D eigenvalue weighted by Gasteiger charge is 2.23. The number of amides is 2.